The predicted octanol–water partition coefficient (Wildman–Crippen LogP) is 2.34. The highest BCUT2D eigenvalue weighted by Gasteiger charge is 2.31. The summed E-state index contributed by atoms with van der Waals surface area (Å²) in [7, 11) is 0. The van der Waals surface area contributed by atoms with E-state index in [1.165, 1.54) is 32.1 Å². The van der Waals surface area contributed by atoms with Gasteiger partial charge in [-0.05, 0) is 45.4 Å². The molecule has 2 rings (SSSR count). The van der Waals surface area contributed by atoms with Crippen molar-refractivity contribution in [3.63, 3.8) is 0 Å². The van der Waals surface area contributed by atoms with Crippen molar-refractivity contribution >= 4 is 18.3 Å². The molecule has 1 aliphatic carbocycles. The summed E-state index contributed by atoms with van der Waals surface area (Å²) in [6, 6.07) is 1.12. The molecule has 2 fully saturated rings. The molecule has 1 saturated heterocycles. The van der Waals surface area contributed by atoms with Crippen LogP contribution in [0, 0.1) is 0 Å². The Labute approximate surface area is 111 Å². The zero-order chi connectivity index (χ0) is 11.5. The summed E-state index contributed by atoms with van der Waals surface area (Å²) in [5.41, 5.74) is 0. The van der Waals surface area contributed by atoms with E-state index in [1.54, 1.807) is 0 Å². The third-order valence-electron chi connectivity index (χ3n) is 3.81. The van der Waals surface area contributed by atoms with Gasteiger partial charge < -0.3 is 10.2 Å². The monoisotopic (exact) mass is 260 g/mol. The number of hydrogen-bond donors (Lipinski definition) is 1. The Morgan fingerprint density at radius 2 is 2.06 bits per heavy atom. The van der Waals surface area contributed by atoms with Gasteiger partial charge in [0.05, 0.1) is 6.04 Å². The molecule has 2 unspecified atom stereocenters. The van der Waals surface area contributed by atoms with E-state index in [-0.39, 0.29) is 18.4 Å². The average Bonchev–Trinajstić information content (AvgIpc) is 3.11. The third-order valence-corrected chi connectivity index (χ3v) is 3.81. The Hall–Kier alpha value is -0.280. The van der Waals surface area contributed by atoms with E-state index in [0.29, 0.717) is 18.0 Å². The highest BCUT2D eigenvalue weighted by molar-refractivity contribution is 5.85. The number of carbonyl (C=O) groups is 1. The fourth-order valence-electron chi connectivity index (χ4n) is 2.64. The summed E-state index contributed by atoms with van der Waals surface area (Å²) in [6.07, 6.45) is 7.25. The second kappa shape index (κ2) is 6.60. The van der Waals surface area contributed by atoms with Crippen molar-refractivity contribution in [2.24, 2.45) is 0 Å². The molecule has 4 heteroatoms. The zero-order valence-corrected chi connectivity index (χ0v) is 11.8. The molecule has 17 heavy (non-hydrogen) atoms. The summed E-state index contributed by atoms with van der Waals surface area (Å²) >= 11 is 0. The second-order valence-corrected chi connectivity index (χ2v) is 5.25. The highest BCUT2D eigenvalue weighted by Crippen LogP contribution is 2.22. The van der Waals surface area contributed by atoms with Crippen molar-refractivity contribution in [3.05, 3.63) is 0 Å². The van der Waals surface area contributed by atoms with Gasteiger partial charge in [0.2, 0.25) is 5.91 Å². The van der Waals surface area contributed by atoms with Crippen LogP contribution in [0.15, 0.2) is 0 Å². The maximum Gasteiger partial charge on any atom is 0.239 e. The summed E-state index contributed by atoms with van der Waals surface area (Å²) in [4.78, 5) is 14.4. The zero-order valence-electron chi connectivity index (χ0n) is 10.9. The molecular weight excluding hydrogens is 236 g/mol. The van der Waals surface area contributed by atoms with Crippen LogP contribution < -0.4 is 5.32 Å². The fraction of sp³-hybridized carbons (Fsp3) is 0.923. The molecule has 0 radical (unpaired) electrons. The van der Waals surface area contributed by atoms with E-state index in [9.17, 15) is 4.79 Å². The molecule has 0 aromatic rings. The van der Waals surface area contributed by atoms with Gasteiger partial charge in [0.15, 0.2) is 0 Å². The number of carbonyl (C=O) groups excluding carboxylic acids is 1. The molecule has 1 amide bonds. The smallest absolute Gasteiger partial charge is 0.239 e. The largest absolute Gasteiger partial charge is 0.338 e. The number of nitrogens with zero attached hydrogens (tertiary/aromatic N) is 1. The Morgan fingerprint density at radius 1 is 1.35 bits per heavy atom. The first kappa shape index (κ1) is 14.8. The van der Waals surface area contributed by atoms with Gasteiger partial charge in [0.1, 0.15) is 0 Å². The predicted molar refractivity (Wildman–Crippen MR) is 72.5 cm³/mol. The van der Waals surface area contributed by atoms with E-state index in [0.717, 1.165) is 13.0 Å². The number of piperidine rings is 1. The van der Waals surface area contributed by atoms with Crippen molar-refractivity contribution in [3.8, 4) is 0 Å². The lowest BCUT2D eigenvalue weighted by molar-refractivity contribution is -0.136. The van der Waals surface area contributed by atoms with Crippen LogP contribution in [0.4, 0.5) is 0 Å². The fourth-order valence-corrected chi connectivity index (χ4v) is 2.64. The van der Waals surface area contributed by atoms with Gasteiger partial charge in [-0.3, -0.25) is 4.79 Å². The van der Waals surface area contributed by atoms with Gasteiger partial charge in [-0.25, -0.2) is 0 Å². The first-order valence-corrected chi connectivity index (χ1v) is 6.79. The molecule has 1 aliphatic heterocycles. The number of rotatable bonds is 4. The van der Waals surface area contributed by atoms with Crippen molar-refractivity contribution in [1.82, 2.24) is 10.2 Å². The standard InChI is InChI=1S/C13H24N2O.ClH/c1-3-12-6-4-5-9-15(12)13(16)10(2)14-11-7-8-11;/h10-12,14H,3-9H2,1-2H3;1H. The van der Waals surface area contributed by atoms with Crippen molar-refractivity contribution in [1.29, 1.82) is 0 Å². The lowest BCUT2D eigenvalue weighted by atomic mass is 9.99. The number of likely N-dealkylation sites (tertiary alicyclic amines) is 1. The minimum absolute atomic E-state index is 0. The Bertz CT molecular complexity index is 256. The van der Waals surface area contributed by atoms with Gasteiger partial charge in [-0.1, -0.05) is 6.92 Å². The van der Waals surface area contributed by atoms with Crippen LogP contribution in [0.2, 0.25) is 0 Å². The minimum Gasteiger partial charge on any atom is -0.338 e. The van der Waals surface area contributed by atoms with Crippen molar-refractivity contribution in [2.45, 2.75) is 70.5 Å². The Balaban J connectivity index is 0.00000144. The summed E-state index contributed by atoms with van der Waals surface area (Å²) in [6.45, 7) is 5.17. The van der Waals surface area contributed by atoms with Gasteiger partial charge in [-0.15, -0.1) is 12.4 Å². The molecule has 100 valence electrons. The third kappa shape index (κ3) is 3.85. The summed E-state index contributed by atoms with van der Waals surface area (Å²) in [5.74, 6) is 0.318. The van der Waals surface area contributed by atoms with Crippen molar-refractivity contribution < 1.29 is 4.79 Å². The second-order valence-electron chi connectivity index (χ2n) is 5.25. The molecule has 0 spiro atoms. The van der Waals surface area contributed by atoms with Crippen LogP contribution >= 0.6 is 12.4 Å². The van der Waals surface area contributed by atoms with E-state index in [2.05, 4.69) is 17.1 Å². The maximum absolute atomic E-state index is 12.3. The van der Waals surface area contributed by atoms with Crippen LogP contribution in [0.5, 0.6) is 0 Å². The number of nitrogens with one attached hydrogen (secondary N) is 1. The number of hydrogen-bond acceptors (Lipinski definition) is 2. The lowest BCUT2D eigenvalue weighted by Gasteiger charge is -2.37. The lowest BCUT2D eigenvalue weighted by Crippen LogP contribution is -2.51. The van der Waals surface area contributed by atoms with Crippen LogP contribution in [-0.4, -0.2) is 35.5 Å². The summed E-state index contributed by atoms with van der Waals surface area (Å²) in [5, 5.41) is 3.40. The summed E-state index contributed by atoms with van der Waals surface area (Å²) < 4.78 is 0. The average molecular weight is 261 g/mol. The van der Waals surface area contributed by atoms with Gasteiger partial charge in [0, 0.05) is 18.6 Å². The van der Waals surface area contributed by atoms with E-state index in [1.807, 2.05) is 6.92 Å². The van der Waals surface area contributed by atoms with Gasteiger partial charge in [-0.2, -0.15) is 0 Å². The Kier molecular flexibility index (Phi) is 5.74. The van der Waals surface area contributed by atoms with E-state index in [4.69, 9.17) is 0 Å². The quantitative estimate of drug-likeness (QED) is 0.842. The topological polar surface area (TPSA) is 32.3 Å². The van der Waals surface area contributed by atoms with E-state index < -0.39 is 0 Å². The number of halogens is 1. The maximum atomic E-state index is 12.3. The normalized spacial score (nSPS) is 26.2. The van der Waals surface area contributed by atoms with Crippen LogP contribution in [-0.2, 0) is 4.79 Å². The van der Waals surface area contributed by atoms with Crippen LogP contribution in [0.25, 0.3) is 0 Å². The molecule has 0 aromatic heterocycles. The highest BCUT2D eigenvalue weighted by atomic mass is 35.5. The van der Waals surface area contributed by atoms with Crippen molar-refractivity contribution in [2.75, 3.05) is 6.54 Å². The molecular formula is C13H25ClN2O. The van der Waals surface area contributed by atoms with Crippen LogP contribution in [0.3, 0.4) is 0 Å². The molecule has 2 atom stereocenters. The van der Waals surface area contributed by atoms with Gasteiger partial charge >= 0.3 is 0 Å². The molecule has 2 aliphatic rings. The number of amides is 1. The van der Waals surface area contributed by atoms with Gasteiger partial charge in [0.25, 0.3) is 0 Å². The first-order valence-electron chi connectivity index (χ1n) is 6.79. The molecule has 1 heterocycles. The Morgan fingerprint density at radius 3 is 2.65 bits per heavy atom. The molecule has 0 bridgehead atoms. The SMILES string of the molecule is CCC1CCCCN1C(=O)C(C)NC1CC1.Cl. The molecule has 3 nitrogen and oxygen atoms in total. The van der Waals surface area contributed by atoms with E-state index >= 15 is 0 Å². The molecule has 0 aromatic carbocycles. The molecule has 1 saturated carbocycles. The van der Waals surface area contributed by atoms with Crippen LogP contribution in [0.1, 0.15) is 52.4 Å². The molecule has 1 N–H and O–H groups in total. The minimum atomic E-state index is 0. The first-order chi connectivity index (χ1) is 7.72.